The molecule has 0 aromatic rings. The molecule has 0 aromatic carbocycles. The zero-order chi connectivity index (χ0) is 9.68. The van der Waals surface area contributed by atoms with E-state index in [2.05, 4.69) is 4.90 Å². The molecule has 1 saturated heterocycles. The van der Waals surface area contributed by atoms with Gasteiger partial charge in [-0.05, 0) is 33.2 Å². The number of carbonyl (C=O) groups excluding carboxylic acids is 1. The monoisotopic (exact) mass is 185 g/mol. The van der Waals surface area contributed by atoms with Gasteiger partial charge in [0.05, 0.1) is 12.6 Å². The van der Waals surface area contributed by atoms with Crippen molar-refractivity contribution in [1.29, 1.82) is 0 Å². The van der Waals surface area contributed by atoms with Crippen molar-refractivity contribution in [2.45, 2.75) is 32.8 Å². The molecule has 3 nitrogen and oxygen atoms in total. The minimum absolute atomic E-state index is 0.247. The summed E-state index contributed by atoms with van der Waals surface area (Å²) in [4.78, 5) is 13.1. The van der Waals surface area contributed by atoms with E-state index in [-0.39, 0.29) is 5.78 Å². The van der Waals surface area contributed by atoms with Crippen LogP contribution in [-0.4, -0.2) is 43.0 Å². The van der Waals surface area contributed by atoms with Crippen LogP contribution in [-0.2, 0) is 9.53 Å². The number of likely N-dealkylation sites (tertiary alicyclic amines) is 1. The third kappa shape index (κ3) is 3.87. The summed E-state index contributed by atoms with van der Waals surface area (Å²) in [5.41, 5.74) is 0. The topological polar surface area (TPSA) is 29.5 Å². The third-order valence-electron chi connectivity index (χ3n) is 2.31. The van der Waals surface area contributed by atoms with E-state index in [1.807, 2.05) is 6.92 Å². The molecule has 1 rings (SSSR count). The van der Waals surface area contributed by atoms with Crippen LogP contribution >= 0.6 is 0 Å². The summed E-state index contributed by atoms with van der Waals surface area (Å²) >= 11 is 0. The molecule has 13 heavy (non-hydrogen) atoms. The highest BCUT2D eigenvalue weighted by Crippen LogP contribution is 2.12. The highest BCUT2D eigenvalue weighted by Gasteiger charge is 2.20. The first-order valence-electron chi connectivity index (χ1n) is 5.05. The van der Waals surface area contributed by atoms with Crippen LogP contribution in [0, 0.1) is 0 Å². The minimum Gasteiger partial charge on any atom is -0.377 e. The van der Waals surface area contributed by atoms with E-state index < -0.39 is 0 Å². The molecule has 0 aromatic heterocycles. The first kappa shape index (κ1) is 10.7. The largest absolute Gasteiger partial charge is 0.377 e. The van der Waals surface area contributed by atoms with Crippen LogP contribution in [0.5, 0.6) is 0 Å². The molecule has 1 atom stereocenters. The van der Waals surface area contributed by atoms with Crippen LogP contribution in [0.2, 0.25) is 0 Å². The second-order valence-corrected chi connectivity index (χ2v) is 3.66. The fourth-order valence-electron chi connectivity index (χ4n) is 1.84. The van der Waals surface area contributed by atoms with E-state index in [9.17, 15) is 4.79 Å². The van der Waals surface area contributed by atoms with E-state index in [1.165, 1.54) is 0 Å². The van der Waals surface area contributed by atoms with Gasteiger partial charge in [-0.25, -0.2) is 0 Å². The normalized spacial score (nSPS) is 24.6. The molecule has 1 unspecified atom stereocenters. The lowest BCUT2D eigenvalue weighted by Gasteiger charge is -2.31. The molecule has 0 saturated carbocycles. The van der Waals surface area contributed by atoms with Crippen molar-refractivity contribution in [2.75, 3.05) is 26.2 Å². The highest BCUT2D eigenvalue weighted by molar-refractivity contribution is 5.77. The Balaban J connectivity index is 2.28. The molecular formula is C10H19NO2. The summed E-state index contributed by atoms with van der Waals surface area (Å²) in [5, 5.41) is 0. The number of ether oxygens (including phenoxy) is 1. The number of nitrogens with zero attached hydrogens (tertiary/aromatic N) is 1. The van der Waals surface area contributed by atoms with Gasteiger partial charge in [0.25, 0.3) is 0 Å². The van der Waals surface area contributed by atoms with Gasteiger partial charge in [0.1, 0.15) is 5.78 Å². The summed E-state index contributed by atoms with van der Waals surface area (Å²) < 4.78 is 5.54. The fraction of sp³-hybridized carbons (Fsp3) is 0.900. The molecule has 1 heterocycles. The number of hydrogen-bond acceptors (Lipinski definition) is 3. The molecule has 1 fully saturated rings. The smallest absolute Gasteiger partial charge is 0.143 e. The van der Waals surface area contributed by atoms with Crippen molar-refractivity contribution in [3.8, 4) is 0 Å². The number of hydrogen-bond donors (Lipinski definition) is 0. The Morgan fingerprint density at radius 1 is 1.62 bits per heavy atom. The van der Waals surface area contributed by atoms with Crippen LogP contribution in [0.25, 0.3) is 0 Å². The van der Waals surface area contributed by atoms with Crippen LogP contribution in [0.3, 0.4) is 0 Å². The molecule has 3 heteroatoms. The average molecular weight is 185 g/mol. The lowest BCUT2D eigenvalue weighted by molar-refractivity contribution is -0.119. The SMILES string of the molecule is CCOC1CCCN(CC(C)=O)C1. The maximum Gasteiger partial charge on any atom is 0.143 e. The number of Topliss-reactive ketones (excluding diaryl/α,β-unsaturated/α-hetero) is 1. The number of ketones is 1. The molecule has 0 bridgehead atoms. The summed E-state index contributed by atoms with van der Waals surface area (Å²) in [6, 6.07) is 0. The van der Waals surface area contributed by atoms with Gasteiger partial charge in [0.15, 0.2) is 0 Å². The number of carbonyl (C=O) groups is 1. The quantitative estimate of drug-likeness (QED) is 0.656. The standard InChI is InChI=1S/C10H19NO2/c1-3-13-10-5-4-6-11(8-10)7-9(2)12/h10H,3-8H2,1-2H3. The molecule has 1 aliphatic rings. The van der Waals surface area contributed by atoms with E-state index in [4.69, 9.17) is 4.74 Å². The molecular weight excluding hydrogens is 166 g/mol. The zero-order valence-electron chi connectivity index (χ0n) is 8.58. The second kappa shape index (κ2) is 5.35. The number of piperidine rings is 1. The first-order chi connectivity index (χ1) is 6.22. The summed E-state index contributed by atoms with van der Waals surface area (Å²) in [6.07, 6.45) is 2.64. The van der Waals surface area contributed by atoms with Gasteiger partial charge in [-0.1, -0.05) is 0 Å². The maximum absolute atomic E-state index is 10.9. The molecule has 0 aliphatic carbocycles. The van der Waals surface area contributed by atoms with E-state index in [0.717, 1.165) is 32.5 Å². The second-order valence-electron chi connectivity index (χ2n) is 3.66. The van der Waals surface area contributed by atoms with E-state index >= 15 is 0 Å². The molecule has 76 valence electrons. The summed E-state index contributed by atoms with van der Waals surface area (Å²) in [7, 11) is 0. The summed E-state index contributed by atoms with van der Waals surface area (Å²) in [6.45, 7) is 6.99. The van der Waals surface area contributed by atoms with Crippen molar-refractivity contribution >= 4 is 5.78 Å². The Kier molecular flexibility index (Phi) is 4.39. The van der Waals surface area contributed by atoms with Gasteiger partial charge in [0, 0.05) is 13.2 Å². The van der Waals surface area contributed by atoms with Crippen molar-refractivity contribution in [1.82, 2.24) is 4.90 Å². The summed E-state index contributed by atoms with van der Waals surface area (Å²) in [5.74, 6) is 0.247. The number of rotatable bonds is 4. The minimum atomic E-state index is 0.247. The highest BCUT2D eigenvalue weighted by atomic mass is 16.5. The van der Waals surface area contributed by atoms with Crippen molar-refractivity contribution < 1.29 is 9.53 Å². The Hall–Kier alpha value is -0.410. The molecule has 1 aliphatic heterocycles. The van der Waals surface area contributed by atoms with Gasteiger partial charge >= 0.3 is 0 Å². The molecule has 0 spiro atoms. The first-order valence-corrected chi connectivity index (χ1v) is 5.05. The van der Waals surface area contributed by atoms with Crippen LogP contribution in [0.15, 0.2) is 0 Å². The van der Waals surface area contributed by atoms with Crippen molar-refractivity contribution in [3.05, 3.63) is 0 Å². The lowest BCUT2D eigenvalue weighted by atomic mass is 10.1. The van der Waals surface area contributed by atoms with E-state index in [1.54, 1.807) is 6.92 Å². The third-order valence-corrected chi connectivity index (χ3v) is 2.31. The predicted octanol–water partition coefficient (Wildman–Crippen LogP) is 1.08. The van der Waals surface area contributed by atoms with Crippen molar-refractivity contribution in [2.24, 2.45) is 0 Å². The maximum atomic E-state index is 10.9. The van der Waals surface area contributed by atoms with Gasteiger partial charge in [-0.15, -0.1) is 0 Å². The lowest BCUT2D eigenvalue weighted by Crippen LogP contribution is -2.41. The average Bonchev–Trinajstić information content (AvgIpc) is 2.04. The molecule has 0 amide bonds. The van der Waals surface area contributed by atoms with Crippen LogP contribution in [0.4, 0.5) is 0 Å². The Bertz CT molecular complexity index is 168. The van der Waals surface area contributed by atoms with Crippen LogP contribution < -0.4 is 0 Å². The molecule has 0 radical (unpaired) electrons. The Labute approximate surface area is 80.1 Å². The Morgan fingerprint density at radius 2 is 2.38 bits per heavy atom. The fourth-order valence-corrected chi connectivity index (χ4v) is 1.84. The molecule has 0 N–H and O–H groups in total. The van der Waals surface area contributed by atoms with Gasteiger partial charge in [0.2, 0.25) is 0 Å². The van der Waals surface area contributed by atoms with E-state index in [0.29, 0.717) is 12.6 Å². The van der Waals surface area contributed by atoms with Gasteiger partial charge in [-0.3, -0.25) is 9.69 Å². The van der Waals surface area contributed by atoms with Gasteiger partial charge in [-0.2, -0.15) is 0 Å². The van der Waals surface area contributed by atoms with Crippen molar-refractivity contribution in [3.63, 3.8) is 0 Å². The van der Waals surface area contributed by atoms with Crippen LogP contribution in [0.1, 0.15) is 26.7 Å². The predicted molar refractivity (Wildman–Crippen MR) is 51.8 cm³/mol. The van der Waals surface area contributed by atoms with Gasteiger partial charge < -0.3 is 4.74 Å². The Morgan fingerprint density at radius 3 is 3.00 bits per heavy atom. The zero-order valence-corrected chi connectivity index (χ0v) is 8.58.